The van der Waals surface area contributed by atoms with E-state index in [1.54, 1.807) is 0 Å². The molecule has 5 heteroatoms. The highest BCUT2D eigenvalue weighted by Crippen LogP contribution is 2.74. The number of esters is 1. The van der Waals surface area contributed by atoms with Crippen LogP contribution in [0.5, 0.6) is 0 Å². The molecule has 0 saturated heterocycles. The van der Waals surface area contributed by atoms with E-state index >= 15 is 0 Å². The second-order valence-corrected chi connectivity index (χ2v) is 14.3. The second kappa shape index (κ2) is 7.68. The summed E-state index contributed by atoms with van der Waals surface area (Å²) in [6, 6.07) is 0. The van der Waals surface area contributed by atoms with Crippen LogP contribution < -0.4 is 0 Å². The van der Waals surface area contributed by atoms with Crippen LogP contribution in [0, 0.1) is 50.7 Å². The van der Waals surface area contributed by atoms with Crippen molar-refractivity contribution in [1.29, 1.82) is 0 Å². The van der Waals surface area contributed by atoms with Gasteiger partial charge in [0.15, 0.2) is 5.78 Å². The molecule has 8 atom stereocenters. The van der Waals surface area contributed by atoms with Crippen molar-refractivity contribution in [2.45, 2.75) is 99.3 Å². The lowest BCUT2D eigenvalue weighted by atomic mass is 9.34. The van der Waals surface area contributed by atoms with Crippen LogP contribution in [0.1, 0.15) is 99.3 Å². The summed E-state index contributed by atoms with van der Waals surface area (Å²) >= 11 is 0. The first-order valence-electron chi connectivity index (χ1n) is 13.9. The molecule has 0 aromatic carbocycles. The van der Waals surface area contributed by atoms with Crippen molar-refractivity contribution in [2.75, 3.05) is 7.11 Å². The van der Waals surface area contributed by atoms with E-state index in [-0.39, 0.29) is 51.2 Å². The number of oxime groups is 1. The zero-order chi connectivity index (χ0) is 25.6. The molecule has 0 aliphatic heterocycles. The zero-order valence-electron chi connectivity index (χ0n) is 22.9. The Labute approximate surface area is 211 Å². The SMILES string of the molecule is COC(=O)[C@]12CCC(C)(C)C[C@H]1[C@H]1C(=O)C=C3[C@@]4(C)CCC(=NO)C(C)[C@@H]4CC[C@@]3(C)[C@]1(C)CC2. The number of ether oxygens (including phenoxy) is 1. The predicted molar refractivity (Wildman–Crippen MR) is 136 cm³/mol. The Kier molecular flexibility index (Phi) is 5.49. The van der Waals surface area contributed by atoms with Gasteiger partial charge < -0.3 is 9.94 Å². The summed E-state index contributed by atoms with van der Waals surface area (Å²) in [7, 11) is 1.51. The molecule has 194 valence electrons. The lowest BCUT2D eigenvalue weighted by Gasteiger charge is -2.68. The molecule has 35 heavy (non-hydrogen) atoms. The maximum absolute atomic E-state index is 14.3. The fourth-order valence-electron chi connectivity index (χ4n) is 10.1. The number of fused-ring (bicyclic) bond motifs is 7. The Hall–Kier alpha value is -1.65. The van der Waals surface area contributed by atoms with E-state index in [1.807, 2.05) is 6.08 Å². The Morgan fingerprint density at radius 3 is 2.37 bits per heavy atom. The molecule has 0 spiro atoms. The van der Waals surface area contributed by atoms with Crippen molar-refractivity contribution in [2.24, 2.45) is 55.9 Å². The number of carbonyl (C=O) groups excluding carboxylic acids is 2. The van der Waals surface area contributed by atoms with Gasteiger partial charge in [-0.3, -0.25) is 9.59 Å². The summed E-state index contributed by atoms with van der Waals surface area (Å²) in [5.41, 5.74) is 1.53. The van der Waals surface area contributed by atoms with E-state index in [2.05, 4.69) is 46.7 Å². The van der Waals surface area contributed by atoms with Crippen LogP contribution >= 0.6 is 0 Å². The number of hydrogen-bond acceptors (Lipinski definition) is 5. The molecular weight excluding hydrogens is 438 g/mol. The van der Waals surface area contributed by atoms with Gasteiger partial charge in [0.2, 0.25) is 0 Å². The van der Waals surface area contributed by atoms with Crippen molar-refractivity contribution in [3.63, 3.8) is 0 Å². The van der Waals surface area contributed by atoms with E-state index in [1.165, 1.54) is 12.7 Å². The van der Waals surface area contributed by atoms with Gasteiger partial charge in [0.25, 0.3) is 0 Å². The van der Waals surface area contributed by atoms with Gasteiger partial charge in [-0.1, -0.05) is 52.3 Å². The minimum Gasteiger partial charge on any atom is -0.469 e. The molecule has 5 aliphatic rings. The summed E-state index contributed by atoms with van der Waals surface area (Å²) in [5.74, 6) is 0.651. The van der Waals surface area contributed by atoms with Gasteiger partial charge in [0.05, 0.1) is 18.2 Å². The number of ketones is 1. The van der Waals surface area contributed by atoms with Crippen molar-refractivity contribution in [3.8, 4) is 0 Å². The Balaban J connectivity index is 1.63. The lowest BCUT2D eigenvalue weighted by molar-refractivity contribution is -0.191. The van der Waals surface area contributed by atoms with E-state index in [9.17, 15) is 14.8 Å². The summed E-state index contributed by atoms with van der Waals surface area (Å²) in [6.45, 7) is 14.0. The summed E-state index contributed by atoms with van der Waals surface area (Å²) in [5, 5.41) is 13.2. The molecule has 5 aliphatic carbocycles. The Bertz CT molecular complexity index is 1010. The third-order valence-electron chi connectivity index (χ3n) is 12.5. The highest BCUT2D eigenvalue weighted by Gasteiger charge is 2.70. The maximum atomic E-state index is 14.3. The molecule has 0 radical (unpaired) electrons. The maximum Gasteiger partial charge on any atom is 0.312 e. The molecular formula is C30H45NO4. The average molecular weight is 484 g/mol. The third kappa shape index (κ3) is 3.08. The standard InChI is InChI=1S/C30H45NO4/c1-18-19-8-11-28(5)23(27(19,4)10-9-21(18)31-34)16-22(32)24-20-17-26(2,3)12-14-30(20,25(33)35-7)15-13-29(24,28)6/h16,18-20,24,34H,8-15,17H2,1-7H3/t18?,19-,20-,24-,27-,28+,29+,30-/m0/s1. The van der Waals surface area contributed by atoms with Gasteiger partial charge >= 0.3 is 5.97 Å². The molecule has 5 rings (SSSR count). The topological polar surface area (TPSA) is 76.0 Å². The van der Waals surface area contributed by atoms with Crippen molar-refractivity contribution in [3.05, 3.63) is 11.6 Å². The summed E-state index contributed by atoms with van der Waals surface area (Å²) < 4.78 is 5.42. The van der Waals surface area contributed by atoms with Gasteiger partial charge in [-0.2, -0.15) is 0 Å². The fraction of sp³-hybridized carbons (Fsp3) is 0.833. The van der Waals surface area contributed by atoms with E-state index < -0.39 is 5.41 Å². The minimum atomic E-state index is -0.529. The van der Waals surface area contributed by atoms with Crippen molar-refractivity contribution in [1.82, 2.24) is 0 Å². The first-order valence-corrected chi connectivity index (χ1v) is 13.9. The minimum absolute atomic E-state index is 0.0310. The number of hydrogen-bond donors (Lipinski definition) is 1. The highest BCUT2D eigenvalue weighted by molar-refractivity contribution is 5.96. The number of carbonyl (C=O) groups is 2. The number of methoxy groups -OCH3 is 1. The zero-order valence-corrected chi connectivity index (χ0v) is 22.9. The normalized spacial score (nSPS) is 49.7. The van der Waals surface area contributed by atoms with Crippen LogP contribution in [-0.4, -0.2) is 29.8 Å². The third-order valence-corrected chi connectivity index (χ3v) is 12.5. The lowest BCUT2D eigenvalue weighted by Crippen LogP contribution is -2.65. The first kappa shape index (κ1) is 25.0. The summed E-state index contributed by atoms with van der Waals surface area (Å²) in [4.78, 5) is 27.6. The molecule has 4 fully saturated rings. The van der Waals surface area contributed by atoms with E-state index in [0.29, 0.717) is 5.92 Å². The molecule has 0 amide bonds. The molecule has 0 heterocycles. The van der Waals surface area contributed by atoms with Crippen LogP contribution in [0.4, 0.5) is 0 Å². The van der Waals surface area contributed by atoms with Gasteiger partial charge in [-0.25, -0.2) is 0 Å². The molecule has 0 aromatic rings. The van der Waals surface area contributed by atoms with E-state index in [0.717, 1.165) is 63.5 Å². The number of rotatable bonds is 1. The van der Waals surface area contributed by atoms with Crippen LogP contribution in [0.25, 0.3) is 0 Å². The second-order valence-electron chi connectivity index (χ2n) is 14.3. The largest absolute Gasteiger partial charge is 0.469 e. The Morgan fingerprint density at radius 1 is 1.03 bits per heavy atom. The summed E-state index contributed by atoms with van der Waals surface area (Å²) in [6.07, 6.45) is 10.3. The number of nitrogens with zero attached hydrogens (tertiary/aromatic N) is 1. The van der Waals surface area contributed by atoms with Gasteiger partial charge in [0, 0.05) is 11.8 Å². The van der Waals surface area contributed by atoms with Crippen LogP contribution in [-0.2, 0) is 14.3 Å². The average Bonchev–Trinajstić information content (AvgIpc) is 2.80. The van der Waals surface area contributed by atoms with E-state index in [4.69, 9.17) is 4.74 Å². The monoisotopic (exact) mass is 483 g/mol. The van der Waals surface area contributed by atoms with Crippen molar-refractivity contribution < 1.29 is 19.5 Å². The molecule has 0 bridgehead atoms. The predicted octanol–water partition coefficient (Wildman–Crippen LogP) is 6.58. The smallest absolute Gasteiger partial charge is 0.312 e. The first-order chi connectivity index (χ1) is 16.3. The van der Waals surface area contributed by atoms with Gasteiger partial charge in [-0.05, 0) is 97.4 Å². The van der Waals surface area contributed by atoms with Crippen LogP contribution in [0.3, 0.4) is 0 Å². The van der Waals surface area contributed by atoms with Gasteiger partial charge in [-0.15, -0.1) is 0 Å². The molecule has 1 unspecified atom stereocenters. The highest BCUT2D eigenvalue weighted by atomic mass is 16.5. The molecule has 1 N–H and O–H groups in total. The molecule has 5 nitrogen and oxygen atoms in total. The van der Waals surface area contributed by atoms with Crippen LogP contribution in [0.2, 0.25) is 0 Å². The van der Waals surface area contributed by atoms with Gasteiger partial charge in [0.1, 0.15) is 0 Å². The molecule has 4 saturated carbocycles. The fourth-order valence-corrected chi connectivity index (χ4v) is 10.1. The number of allylic oxidation sites excluding steroid dienone is 2. The van der Waals surface area contributed by atoms with Crippen LogP contribution in [0.15, 0.2) is 16.8 Å². The van der Waals surface area contributed by atoms with Crippen molar-refractivity contribution >= 4 is 17.5 Å². The quantitative estimate of drug-likeness (QED) is 0.260. The Morgan fingerprint density at radius 2 is 1.71 bits per heavy atom. The molecule has 0 aromatic heterocycles.